The Morgan fingerprint density at radius 2 is 2.08 bits per heavy atom. The van der Waals surface area contributed by atoms with E-state index < -0.39 is 0 Å². The summed E-state index contributed by atoms with van der Waals surface area (Å²) in [6, 6.07) is 0. The summed E-state index contributed by atoms with van der Waals surface area (Å²) in [4.78, 5) is 0. The fourth-order valence-corrected chi connectivity index (χ4v) is 2.96. The fourth-order valence-electron chi connectivity index (χ4n) is 2.96. The van der Waals surface area contributed by atoms with E-state index >= 15 is 0 Å². The first-order valence-electron chi connectivity index (χ1n) is 5.54. The normalized spacial score (nSPS) is 44.6. The predicted molar refractivity (Wildman–Crippen MR) is 57.4 cm³/mol. The molecule has 4 atom stereocenters. The Kier molecular flexibility index (Phi) is 2.31. The minimum atomic E-state index is 0.842. The monoisotopic (exact) mass is 176 g/mol. The second-order valence-electron chi connectivity index (χ2n) is 4.97. The fraction of sp³-hybridized carbons (Fsp3) is 0.692. The maximum atomic E-state index is 4.06. The first-order chi connectivity index (χ1) is 6.18. The Morgan fingerprint density at radius 3 is 2.85 bits per heavy atom. The molecule has 2 aliphatic rings. The van der Waals surface area contributed by atoms with Crippen molar-refractivity contribution in [2.24, 2.45) is 23.7 Å². The van der Waals surface area contributed by atoms with Gasteiger partial charge in [0.05, 0.1) is 0 Å². The summed E-state index contributed by atoms with van der Waals surface area (Å²) in [6.07, 6.45) is 8.74. The molecule has 72 valence electrons. The molecule has 0 spiro atoms. The van der Waals surface area contributed by atoms with Gasteiger partial charge in [-0.15, -0.1) is 0 Å². The second-order valence-corrected chi connectivity index (χ2v) is 4.97. The number of hydrogen-bond acceptors (Lipinski definition) is 0. The van der Waals surface area contributed by atoms with Gasteiger partial charge in [0, 0.05) is 0 Å². The molecule has 0 heteroatoms. The van der Waals surface area contributed by atoms with Crippen molar-refractivity contribution < 1.29 is 0 Å². The summed E-state index contributed by atoms with van der Waals surface area (Å²) < 4.78 is 0. The Labute approximate surface area is 81.7 Å². The van der Waals surface area contributed by atoms with Crippen LogP contribution in [-0.4, -0.2) is 0 Å². The Balaban J connectivity index is 2.17. The van der Waals surface area contributed by atoms with E-state index in [1.165, 1.54) is 24.8 Å². The maximum Gasteiger partial charge on any atom is -0.0170 e. The molecule has 1 fully saturated rings. The molecule has 0 N–H and O–H groups in total. The number of allylic oxidation sites excluding steroid dienone is 3. The molecule has 0 nitrogen and oxygen atoms in total. The van der Waals surface area contributed by atoms with E-state index in [1.807, 2.05) is 0 Å². The van der Waals surface area contributed by atoms with Gasteiger partial charge in [0.2, 0.25) is 0 Å². The molecular weight excluding hydrogens is 156 g/mol. The lowest BCUT2D eigenvalue weighted by molar-refractivity contribution is 0.143. The summed E-state index contributed by atoms with van der Waals surface area (Å²) in [7, 11) is 0. The zero-order chi connectivity index (χ0) is 9.42. The second kappa shape index (κ2) is 3.32. The Hall–Kier alpha value is -0.520. The highest BCUT2D eigenvalue weighted by atomic mass is 14.4. The largest absolute Gasteiger partial charge is 0.0958 e. The highest BCUT2D eigenvalue weighted by Gasteiger charge is 2.34. The van der Waals surface area contributed by atoms with Gasteiger partial charge in [-0.2, -0.15) is 0 Å². The van der Waals surface area contributed by atoms with E-state index in [0.717, 1.165) is 23.7 Å². The van der Waals surface area contributed by atoms with Crippen LogP contribution in [0.5, 0.6) is 0 Å². The molecule has 1 saturated carbocycles. The molecule has 0 aromatic rings. The highest BCUT2D eigenvalue weighted by Crippen LogP contribution is 2.44. The maximum absolute atomic E-state index is 4.06. The SMILES string of the molecule is C=C1C=CC2C(CCC(C)C2C)C1. The lowest BCUT2D eigenvalue weighted by atomic mass is 9.64. The summed E-state index contributed by atoms with van der Waals surface area (Å²) in [5, 5.41) is 0. The lowest BCUT2D eigenvalue weighted by Crippen LogP contribution is -2.32. The van der Waals surface area contributed by atoms with Crippen LogP contribution in [0.25, 0.3) is 0 Å². The van der Waals surface area contributed by atoms with Gasteiger partial charge >= 0.3 is 0 Å². The van der Waals surface area contributed by atoms with E-state index in [2.05, 4.69) is 32.6 Å². The first kappa shape index (κ1) is 9.05. The molecule has 0 aromatic carbocycles. The first-order valence-corrected chi connectivity index (χ1v) is 5.54. The smallest absolute Gasteiger partial charge is 0.0170 e. The number of hydrogen-bond donors (Lipinski definition) is 0. The Bertz CT molecular complexity index is 236. The average molecular weight is 176 g/mol. The molecule has 4 unspecified atom stereocenters. The van der Waals surface area contributed by atoms with Gasteiger partial charge in [-0.1, -0.05) is 44.6 Å². The molecular formula is C13H20. The van der Waals surface area contributed by atoms with Crippen LogP contribution in [0, 0.1) is 23.7 Å². The van der Waals surface area contributed by atoms with E-state index in [0.29, 0.717) is 0 Å². The molecule has 0 saturated heterocycles. The zero-order valence-corrected chi connectivity index (χ0v) is 8.79. The van der Waals surface area contributed by atoms with E-state index in [9.17, 15) is 0 Å². The van der Waals surface area contributed by atoms with Gasteiger partial charge in [-0.3, -0.25) is 0 Å². The van der Waals surface area contributed by atoms with Crippen LogP contribution in [0.15, 0.2) is 24.3 Å². The van der Waals surface area contributed by atoms with Crippen LogP contribution in [0.1, 0.15) is 33.1 Å². The van der Waals surface area contributed by atoms with Crippen LogP contribution >= 0.6 is 0 Å². The van der Waals surface area contributed by atoms with Crippen molar-refractivity contribution in [1.82, 2.24) is 0 Å². The summed E-state index contributed by atoms with van der Waals surface area (Å²) in [5.74, 6) is 3.54. The van der Waals surface area contributed by atoms with Gasteiger partial charge in [0.1, 0.15) is 0 Å². The predicted octanol–water partition coefficient (Wildman–Crippen LogP) is 3.80. The molecule has 0 aromatic heterocycles. The minimum Gasteiger partial charge on any atom is -0.0958 e. The zero-order valence-electron chi connectivity index (χ0n) is 8.79. The van der Waals surface area contributed by atoms with Gasteiger partial charge in [-0.05, 0) is 36.5 Å². The van der Waals surface area contributed by atoms with Crippen LogP contribution in [0.4, 0.5) is 0 Å². The van der Waals surface area contributed by atoms with Gasteiger partial charge in [0.15, 0.2) is 0 Å². The van der Waals surface area contributed by atoms with Crippen LogP contribution in [0.3, 0.4) is 0 Å². The highest BCUT2D eigenvalue weighted by molar-refractivity contribution is 5.21. The van der Waals surface area contributed by atoms with Crippen molar-refractivity contribution in [3.8, 4) is 0 Å². The molecule has 0 heterocycles. The van der Waals surface area contributed by atoms with Crippen molar-refractivity contribution in [2.75, 3.05) is 0 Å². The van der Waals surface area contributed by atoms with E-state index in [4.69, 9.17) is 0 Å². The third kappa shape index (κ3) is 1.59. The molecule has 0 amide bonds. The van der Waals surface area contributed by atoms with Gasteiger partial charge < -0.3 is 0 Å². The van der Waals surface area contributed by atoms with Crippen molar-refractivity contribution in [2.45, 2.75) is 33.1 Å². The molecule has 0 aliphatic heterocycles. The third-order valence-electron chi connectivity index (χ3n) is 4.12. The topological polar surface area (TPSA) is 0 Å². The van der Waals surface area contributed by atoms with Crippen molar-refractivity contribution in [1.29, 1.82) is 0 Å². The van der Waals surface area contributed by atoms with E-state index in [-0.39, 0.29) is 0 Å². The van der Waals surface area contributed by atoms with Gasteiger partial charge in [-0.25, -0.2) is 0 Å². The number of fused-ring (bicyclic) bond motifs is 1. The van der Waals surface area contributed by atoms with Crippen LogP contribution < -0.4 is 0 Å². The summed E-state index contributed by atoms with van der Waals surface area (Å²) in [5.41, 5.74) is 1.34. The summed E-state index contributed by atoms with van der Waals surface area (Å²) >= 11 is 0. The molecule has 2 aliphatic carbocycles. The van der Waals surface area contributed by atoms with E-state index in [1.54, 1.807) is 0 Å². The van der Waals surface area contributed by atoms with Gasteiger partial charge in [0.25, 0.3) is 0 Å². The number of rotatable bonds is 0. The Morgan fingerprint density at radius 1 is 1.31 bits per heavy atom. The quantitative estimate of drug-likeness (QED) is 0.526. The molecule has 13 heavy (non-hydrogen) atoms. The van der Waals surface area contributed by atoms with Crippen molar-refractivity contribution in [3.63, 3.8) is 0 Å². The minimum absolute atomic E-state index is 0.842. The average Bonchev–Trinajstić information content (AvgIpc) is 2.12. The standard InChI is InChI=1S/C13H20/c1-9-4-7-13-11(3)10(2)5-6-12(13)8-9/h4,7,10-13H,1,5-6,8H2,2-3H3. The molecule has 0 radical (unpaired) electrons. The lowest BCUT2D eigenvalue weighted by Gasteiger charge is -2.41. The van der Waals surface area contributed by atoms with Crippen molar-refractivity contribution in [3.05, 3.63) is 24.3 Å². The molecule has 2 rings (SSSR count). The van der Waals surface area contributed by atoms with Crippen LogP contribution in [0.2, 0.25) is 0 Å². The summed E-state index contributed by atoms with van der Waals surface area (Å²) in [6.45, 7) is 8.88. The van der Waals surface area contributed by atoms with Crippen molar-refractivity contribution >= 4 is 0 Å². The molecule has 0 bridgehead atoms. The third-order valence-corrected chi connectivity index (χ3v) is 4.12. The van der Waals surface area contributed by atoms with Crippen LogP contribution in [-0.2, 0) is 0 Å².